The second-order valence-corrected chi connectivity index (χ2v) is 5.49. The fourth-order valence-corrected chi connectivity index (χ4v) is 2.53. The number of esters is 1. The summed E-state index contributed by atoms with van der Waals surface area (Å²) in [5.74, 6) is -1.08. The zero-order valence-electron chi connectivity index (χ0n) is 12.7. The summed E-state index contributed by atoms with van der Waals surface area (Å²) in [4.78, 5) is 37.2. The molecule has 0 bridgehead atoms. The van der Waals surface area contributed by atoms with E-state index in [4.69, 9.17) is 11.6 Å². The summed E-state index contributed by atoms with van der Waals surface area (Å²) < 4.78 is 4.60. The highest BCUT2D eigenvalue weighted by atomic mass is 35.5. The van der Waals surface area contributed by atoms with Gasteiger partial charge in [-0.15, -0.1) is 0 Å². The molecule has 0 saturated carbocycles. The summed E-state index contributed by atoms with van der Waals surface area (Å²) in [6, 6.07) is 6.17. The van der Waals surface area contributed by atoms with Gasteiger partial charge >= 0.3 is 5.97 Å². The Morgan fingerprint density at radius 1 is 1.43 bits per heavy atom. The molecule has 1 aromatic rings. The Kier molecular flexibility index (Phi) is 5.95. The predicted molar refractivity (Wildman–Crippen MR) is 85.1 cm³/mol. The molecule has 2 amide bonds. The van der Waals surface area contributed by atoms with Crippen LogP contribution >= 0.6 is 11.6 Å². The topological polar surface area (TPSA) is 87.7 Å². The van der Waals surface area contributed by atoms with Gasteiger partial charge in [-0.2, -0.15) is 0 Å². The number of anilines is 1. The van der Waals surface area contributed by atoms with Crippen molar-refractivity contribution in [2.75, 3.05) is 32.1 Å². The summed E-state index contributed by atoms with van der Waals surface area (Å²) in [5.41, 5.74) is 0.505. The number of carbonyl (C=O) groups excluding carboxylic acids is 3. The van der Waals surface area contributed by atoms with Crippen LogP contribution in [0.3, 0.4) is 0 Å². The predicted octanol–water partition coefficient (Wildman–Crippen LogP) is 0.642. The quantitative estimate of drug-likeness (QED) is 0.769. The van der Waals surface area contributed by atoms with Crippen molar-refractivity contribution in [2.24, 2.45) is 0 Å². The third kappa shape index (κ3) is 4.67. The van der Waals surface area contributed by atoms with E-state index in [0.29, 0.717) is 23.8 Å². The molecular weight excluding hydrogens is 322 g/mol. The number of piperazine rings is 1. The van der Waals surface area contributed by atoms with Gasteiger partial charge in [-0.05, 0) is 12.1 Å². The molecule has 1 aromatic carbocycles. The largest absolute Gasteiger partial charge is 0.469 e. The van der Waals surface area contributed by atoms with E-state index in [9.17, 15) is 14.4 Å². The molecular formula is C15H18ClN3O4. The molecule has 1 aliphatic heterocycles. The molecule has 0 aromatic heterocycles. The van der Waals surface area contributed by atoms with Gasteiger partial charge in [0.05, 0.1) is 30.8 Å². The number of benzene rings is 1. The maximum absolute atomic E-state index is 12.2. The van der Waals surface area contributed by atoms with Gasteiger partial charge in [0.2, 0.25) is 11.8 Å². The molecule has 0 aliphatic carbocycles. The van der Waals surface area contributed by atoms with Crippen LogP contribution in [-0.4, -0.2) is 55.5 Å². The van der Waals surface area contributed by atoms with E-state index in [2.05, 4.69) is 15.4 Å². The van der Waals surface area contributed by atoms with Crippen molar-refractivity contribution in [3.63, 3.8) is 0 Å². The molecule has 1 fully saturated rings. The average Bonchev–Trinajstić information content (AvgIpc) is 2.52. The molecule has 8 heteroatoms. The second-order valence-electron chi connectivity index (χ2n) is 5.09. The van der Waals surface area contributed by atoms with Crippen LogP contribution in [0.1, 0.15) is 6.42 Å². The molecule has 1 saturated heterocycles. The van der Waals surface area contributed by atoms with E-state index in [1.807, 2.05) is 0 Å². The van der Waals surface area contributed by atoms with Gasteiger partial charge in [0.15, 0.2) is 0 Å². The Morgan fingerprint density at radius 3 is 2.87 bits per heavy atom. The molecule has 0 spiro atoms. The smallest absolute Gasteiger partial charge is 0.307 e. The number of hydrogen-bond donors (Lipinski definition) is 2. The summed E-state index contributed by atoms with van der Waals surface area (Å²) in [6.07, 6.45) is -0.0955. The number of para-hydroxylation sites is 1. The summed E-state index contributed by atoms with van der Waals surface area (Å²) in [6.45, 7) is 0.888. The van der Waals surface area contributed by atoms with Crippen molar-refractivity contribution in [1.82, 2.24) is 10.2 Å². The third-order valence-corrected chi connectivity index (χ3v) is 3.85. The van der Waals surface area contributed by atoms with E-state index in [-0.39, 0.29) is 24.8 Å². The minimum absolute atomic E-state index is 0.0136. The Morgan fingerprint density at radius 2 is 2.17 bits per heavy atom. The fourth-order valence-electron chi connectivity index (χ4n) is 2.35. The first-order valence-electron chi connectivity index (χ1n) is 7.14. The third-order valence-electron chi connectivity index (χ3n) is 3.52. The first kappa shape index (κ1) is 17.2. The van der Waals surface area contributed by atoms with Crippen molar-refractivity contribution in [3.8, 4) is 0 Å². The summed E-state index contributed by atoms with van der Waals surface area (Å²) in [7, 11) is 1.26. The standard InChI is InChI=1S/C15H18ClN3O4/c1-23-14(21)8-12-15(22)17-6-7-19(12)9-13(20)18-11-5-3-2-4-10(11)16/h2-5,12H,6-9H2,1H3,(H,17,22)(H,18,20)/t12-/m0/s1. The number of nitrogens with one attached hydrogen (secondary N) is 2. The van der Waals surface area contributed by atoms with Crippen molar-refractivity contribution >= 4 is 35.1 Å². The molecule has 0 radical (unpaired) electrons. The van der Waals surface area contributed by atoms with E-state index in [0.717, 1.165) is 0 Å². The first-order valence-corrected chi connectivity index (χ1v) is 7.52. The van der Waals surface area contributed by atoms with Crippen LogP contribution in [-0.2, 0) is 19.1 Å². The highest BCUT2D eigenvalue weighted by Crippen LogP contribution is 2.20. The number of hydrogen-bond acceptors (Lipinski definition) is 5. The Balaban J connectivity index is 2.01. The van der Waals surface area contributed by atoms with Crippen LogP contribution in [0, 0.1) is 0 Å². The minimum atomic E-state index is -0.715. The van der Waals surface area contributed by atoms with Crippen LogP contribution in [0.15, 0.2) is 24.3 Å². The summed E-state index contributed by atoms with van der Waals surface area (Å²) in [5, 5.41) is 5.82. The van der Waals surface area contributed by atoms with E-state index in [1.165, 1.54) is 7.11 Å². The van der Waals surface area contributed by atoms with Gasteiger partial charge in [-0.1, -0.05) is 23.7 Å². The number of nitrogens with zero attached hydrogens (tertiary/aromatic N) is 1. The van der Waals surface area contributed by atoms with E-state index in [1.54, 1.807) is 29.2 Å². The van der Waals surface area contributed by atoms with Crippen LogP contribution in [0.2, 0.25) is 5.02 Å². The zero-order valence-corrected chi connectivity index (χ0v) is 13.4. The van der Waals surface area contributed by atoms with Crippen LogP contribution in [0.5, 0.6) is 0 Å². The van der Waals surface area contributed by atoms with E-state index >= 15 is 0 Å². The lowest BCUT2D eigenvalue weighted by Gasteiger charge is -2.33. The number of carbonyl (C=O) groups is 3. The van der Waals surface area contributed by atoms with Gasteiger partial charge in [0.25, 0.3) is 0 Å². The van der Waals surface area contributed by atoms with Crippen LogP contribution < -0.4 is 10.6 Å². The molecule has 1 aliphatic rings. The zero-order chi connectivity index (χ0) is 16.8. The molecule has 2 rings (SSSR count). The number of amides is 2. The van der Waals surface area contributed by atoms with Gasteiger partial charge in [0.1, 0.15) is 6.04 Å². The number of halogens is 1. The summed E-state index contributed by atoms with van der Waals surface area (Å²) >= 11 is 6.00. The number of rotatable bonds is 5. The molecule has 23 heavy (non-hydrogen) atoms. The molecule has 1 atom stereocenters. The lowest BCUT2D eigenvalue weighted by atomic mass is 10.1. The number of methoxy groups -OCH3 is 1. The number of ether oxygens (including phenoxy) is 1. The normalized spacial score (nSPS) is 18.2. The van der Waals surface area contributed by atoms with Crippen molar-refractivity contribution in [2.45, 2.75) is 12.5 Å². The van der Waals surface area contributed by atoms with Crippen LogP contribution in [0.25, 0.3) is 0 Å². The Labute approximate surface area is 138 Å². The maximum Gasteiger partial charge on any atom is 0.307 e. The molecule has 124 valence electrons. The lowest BCUT2D eigenvalue weighted by molar-refractivity contribution is -0.146. The molecule has 7 nitrogen and oxygen atoms in total. The molecule has 1 heterocycles. The average molecular weight is 340 g/mol. The van der Waals surface area contributed by atoms with Crippen LogP contribution in [0.4, 0.5) is 5.69 Å². The van der Waals surface area contributed by atoms with Gasteiger partial charge < -0.3 is 15.4 Å². The monoisotopic (exact) mass is 339 g/mol. The van der Waals surface area contributed by atoms with Crippen molar-refractivity contribution in [3.05, 3.63) is 29.3 Å². The maximum atomic E-state index is 12.2. The lowest BCUT2D eigenvalue weighted by Crippen LogP contribution is -2.57. The van der Waals surface area contributed by atoms with E-state index < -0.39 is 12.0 Å². The highest BCUT2D eigenvalue weighted by Gasteiger charge is 2.33. The highest BCUT2D eigenvalue weighted by molar-refractivity contribution is 6.33. The van der Waals surface area contributed by atoms with Gasteiger partial charge in [0, 0.05) is 13.1 Å². The molecule has 2 N–H and O–H groups in total. The second kappa shape index (κ2) is 7.94. The van der Waals surface area contributed by atoms with Gasteiger partial charge in [-0.3, -0.25) is 19.3 Å². The Hall–Kier alpha value is -2.12. The fraction of sp³-hybridized carbons (Fsp3) is 0.400. The first-order chi connectivity index (χ1) is 11.0. The SMILES string of the molecule is COC(=O)C[C@H]1C(=O)NCCN1CC(=O)Nc1ccccc1Cl. The Bertz CT molecular complexity index is 608. The van der Waals surface area contributed by atoms with Gasteiger partial charge in [-0.25, -0.2) is 0 Å². The minimum Gasteiger partial charge on any atom is -0.469 e. The van der Waals surface area contributed by atoms with Crippen molar-refractivity contribution in [1.29, 1.82) is 0 Å². The van der Waals surface area contributed by atoms with Crippen molar-refractivity contribution < 1.29 is 19.1 Å². The molecule has 0 unspecified atom stereocenters.